The van der Waals surface area contributed by atoms with Gasteiger partial charge in [-0.3, -0.25) is 4.79 Å². The Morgan fingerprint density at radius 1 is 1.13 bits per heavy atom. The molecule has 0 aliphatic carbocycles. The maximum absolute atomic E-state index is 12.6. The minimum absolute atomic E-state index is 0.0374. The smallest absolute Gasteiger partial charge is 0.257 e. The molecule has 0 fully saturated rings. The molecule has 0 bridgehead atoms. The van der Waals surface area contributed by atoms with Crippen LogP contribution in [0.1, 0.15) is 22.8 Å². The number of benzene rings is 2. The summed E-state index contributed by atoms with van der Waals surface area (Å²) in [5, 5.41) is 11.5. The quantitative estimate of drug-likeness (QED) is 0.487. The number of hydrogen-bond donors (Lipinski definition) is 2. The van der Waals surface area contributed by atoms with Crippen molar-refractivity contribution >= 4 is 16.9 Å². The minimum atomic E-state index is -0.237. The molecule has 2 aromatic carbocycles. The van der Waals surface area contributed by atoms with Crippen LogP contribution in [0.2, 0.25) is 0 Å². The molecule has 0 radical (unpaired) electrons. The highest BCUT2D eigenvalue weighted by Gasteiger charge is 2.19. The van der Waals surface area contributed by atoms with Gasteiger partial charge in [0.1, 0.15) is 17.1 Å². The lowest BCUT2D eigenvalue weighted by molar-refractivity contribution is 0.0824. The Hall–Kier alpha value is -3.80. The van der Waals surface area contributed by atoms with E-state index in [-0.39, 0.29) is 11.7 Å². The normalized spacial score (nSPS) is 11.0. The molecule has 31 heavy (non-hydrogen) atoms. The van der Waals surface area contributed by atoms with Gasteiger partial charge in [0, 0.05) is 48.6 Å². The van der Waals surface area contributed by atoms with Crippen LogP contribution in [0.3, 0.4) is 0 Å². The van der Waals surface area contributed by atoms with E-state index >= 15 is 0 Å². The van der Waals surface area contributed by atoms with Crippen LogP contribution >= 0.6 is 0 Å². The number of rotatable bonds is 5. The van der Waals surface area contributed by atoms with E-state index in [0.29, 0.717) is 12.0 Å². The largest absolute Gasteiger partial charge is 0.507 e. The minimum Gasteiger partial charge on any atom is -0.507 e. The van der Waals surface area contributed by atoms with Crippen LogP contribution in [0, 0.1) is 0 Å². The van der Waals surface area contributed by atoms with Crippen LogP contribution < -0.4 is 4.74 Å². The van der Waals surface area contributed by atoms with Crippen molar-refractivity contribution in [3.8, 4) is 33.8 Å². The second kappa shape index (κ2) is 8.14. The molecule has 6 nitrogen and oxygen atoms in total. The average Bonchev–Trinajstić information content (AvgIpc) is 3.21. The van der Waals surface area contributed by atoms with Gasteiger partial charge in [0.05, 0.1) is 12.7 Å². The maximum atomic E-state index is 12.6. The molecular weight excluding hydrogens is 390 g/mol. The number of hydrogen-bond acceptors (Lipinski definition) is 4. The summed E-state index contributed by atoms with van der Waals surface area (Å²) in [6.45, 7) is 1.95. The number of phenolic OH excluding ortho intramolecular Hbond substituents is 1. The van der Waals surface area contributed by atoms with Crippen molar-refractivity contribution in [3.05, 3.63) is 66.0 Å². The Kier molecular flexibility index (Phi) is 5.38. The average molecular weight is 415 g/mol. The highest BCUT2D eigenvalue weighted by atomic mass is 16.5. The number of phenols is 1. The van der Waals surface area contributed by atoms with Gasteiger partial charge in [-0.1, -0.05) is 25.1 Å². The van der Waals surface area contributed by atoms with Crippen molar-refractivity contribution in [2.45, 2.75) is 13.3 Å². The number of pyridine rings is 1. The van der Waals surface area contributed by atoms with Crippen LogP contribution in [0.15, 0.2) is 54.9 Å². The summed E-state index contributed by atoms with van der Waals surface area (Å²) < 4.78 is 5.54. The molecule has 4 rings (SSSR count). The number of aromatic nitrogens is 2. The molecule has 0 saturated carbocycles. The molecule has 0 aliphatic rings. The number of H-pyrrole nitrogens is 1. The van der Waals surface area contributed by atoms with E-state index in [4.69, 9.17) is 4.74 Å². The number of nitrogens with zero attached hydrogens (tertiary/aromatic N) is 2. The fourth-order valence-electron chi connectivity index (χ4n) is 3.79. The van der Waals surface area contributed by atoms with Crippen molar-refractivity contribution in [3.63, 3.8) is 0 Å². The van der Waals surface area contributed by atoms with Crippen LogP contribution in [0.5, 0.6) is 11.5 Å². The Balaban J connectivity index is 1.90. The van der Waals surface area contributed by atoms with Gasteiger partial charge in [-0.05, 0) is 41.8 Å². The molecule has 2 aromatic heterocycles. The number of para-hydroxylation sites is 1. The molecule has 1 amide bonds. The zero-order valence-electron chi connectivity index (χ0n) is 18.1. The van der Waals surface area contributed by atoms with Crippen LogP contribution in [0.4, 0.5) is 0 Å². The first kappa shape index (κ1) is 20.5. The molecular formula is C25H25N3O3. The zero-order valence-corrected chi connectivity index (χ0v) is 18.1. The number of fused-ring (bicyclic) bond motifs is 1. The van der Waals surface area contributed by atoms with E-state index < -0.39 is 0 Å². The van der Waals surface area contributed by atoms with Crippen molar-refractivity contribution < 1.29 is 14.6 Å². The van der Waals surface area contributed by atoms with Gasteiger partial charge in [-0.15, -0.1) is 0 Å². The monoisotopic (exact) mass is 415 g/mol. The summed E-state index contributed by atoms with van der Waals surface area (Å²) >= 11 is 0. The number of methoxy groups -OCH3 is 1. The number of carbonyl (C=O) groups excluding carboxylic acids is 1. The van der Waals surface area contributed by atoms with E-state index in [9.17, 15) is 9.90 Å². The van der Waals surface area contributed by atoms with E-state index in [1.165, 1.54) is 4.90 Å². The van der Waals surface area contributed by atoms with Crippen LogP contribution in [-0.2, 0) is 6.42 Å². The molecule has 2 N–H and O–H groups in total. The van der Waals surface area contributed by atoms with Gasteiger partial charge >= 0.3 is 0 Å². The number of ether oxygens (including phenoxy) is 1. The molecule has 0 unspecified atom stereocenters. The SMILES string of the molecule is CCc1cc(-c2cnc3[nH]cc(-c4ccccc4OC)c3c2)cc(C(=O)N(C)C)c1O. The van der Waals surface area contributed by atoms with E-state index in [1.54, 1.807) is 33.5 Å². The number of carbonyl (C=O) groups is 1. The fourth-order valence-corrected chi connectivity index (χ4v) is 3.79. The Bertz CT molecular complexity index is 1270. The Morgan fingerprint density at radius 2 is 1.90 bits per heavy atom. The van der Waals surface area contributed by atoms with Gasteiger partial charge in [0.15, 0.2) is 0 Å². The standard InChI is InChI=1S/C25H25N3O3/c1-5-15-10-16(11-20(23(15)29)25(30)28(2)3)17-12-19-21(14-27-24(19)26-13-17)18-8-6-7-9-22(18)31-4/h6-14,29H,5H2,1-4H3,(H,26,27). The lowest BCUT2D eigenvalue weighted by atomic mass is 9.96. The lowest BCUT2D eigenvalue weighted by Crippen LogP contribution is -2.22. The zero-order chi connectivity index (χ0) is 22.1. The predicted molar refractivity (Wildman–Crippen MR) is 123 cm³/mol. The van der Waals surface area contributed by atoms with Crippen LogP contribution in [0.25, 0.3) is 33.3 Å². The summed E-state index contributed by atoms with van der Waals surface area (Å²) in [6.07, 6.45) is 4.31. The molecule has 0 atom stereocenters. The van der Waals surface area contributed by atoms with Crippen molar-refractivity contribution in [2.75, 3.05) is 21.2 Å². The van der Waals surface area contributed by atoms with Gasteiger partial charge < -0.3 is 19.7 Å². The first-order chi connectivity index (χ1) is 14.9. The van der Waals surface area contributed by atoms with Gasteiger partial charge in [-0.2, -0.15) is 0 Å². The molecule has 158 valence electrons. The maximum Gasteiger partial charge on any atom is 0.257 e. The van der Waals surface area contributed by atoms with Gasteiger partial charge in [0.25, 0.3) is 5.91 Å². The van der Waals surface area contributed by atoms with E-state index in [1.807, 2.05) is 43.5 Å². The Labute approximate surface area is 181 Å². The van der Waals surface area contributed by atoms with Gasteiger partial charge in [0.2, 0.25) is 0 Å². The number of aryl methyl sites for hydroxylation is 1. The van der Waals surface area contributed by atoms with Gasteiger partial charge in [-0.25, -0.2) is 4.98 Å². The topological polar surface area (TPSA) is 78.5 Å². The van der Waals surface area contributed by atoms with E-state index in [0.717, 1.165) is 44.6 Å². The first-order valence-electron chi connectivity index (χ1n) is 10.1. The second-order valence-corrected chi connectivity index (χ2v) is 7.61. The first-order valence-corrected chi connectivity index (χ1v) is 10.1. The van der Waals surface area contributed by atoms with Crippen molar-refractivity contribution in [1.29, 1.82) is 0 Å². The molecule has 0 spiro atoms. The fraction of sp³-hybridized carbons (Fsp3) is 0.200. The molecule has 4 aromatic rings. The summed E-state index contributed by atoms with van der Waals surface area (Å²) in [4.78, 5) is 21.9. The lowest BCUT2D eigenvalue weighted by Gasteiger charge is -2.15. The second-order valence-electron chi connectivity index (χ2n) is 7.61. The van der Waals surface area contributed by atoms with Crippen molar-refractivity contribution in [1.82, 2.24) is 14.9 Å². The third kappa shape index (κ3) is 3.61. The molecule has 2 heterocycles. The third-order valence-electron chi connectivity index (χ3n) is 5.47. The van der Waals surface area contributed by atoms with E-state index in [2.05, 4.69) is 16.0 Å². The number of amides is 1. The van der Waals surface area contributed by atoms with Crippen LogP contribution in [-0.4, -0.2) is 47.1 Å². The number of nitrogens with one attached hydrogen (secondary N) is 1. The molecule has 0 aliphatic heterocycles. The summed E-state index contributed by atoms with van der Waals surface area (Å²) in [6, 6.07) is 13.6. The molecule has 0 saturated heterocycles. The number of aromatic hydroxyl groups is 1. The highest BCUT2D eigenvalue weighted by molar-refractivity contribution is 6.00. The molecule has 6 heteroatoms. The predicted octanol–water partition coefficient (Wildman–Crippen LogP) is 4.88. The summed E-state index contributed by atoms with van der Waals surface area (Å²) in [5.74, 6) is 0.584. The Morgan fingerprint density at radius 3 is 2.61 bits per heavy atom. The van der Waals surface area contributed by atoms with Crippen molar-refractivity contribution in [2.24, 2.45) is 0 Å². The summed E-state index contributed by atoms with van der Waals surface area (Å²) in [5.41, 5.74) is 5.44. The third-order valence-corrected chi connectivity index (χ3v) is 5.47. The summed E-state index contributed by atoms with van der Waals surface area (Å²) in [7, 11) is 5.00. The highest BCUT2D eigenvalue weighted by Crippen LogP contribution is 2.37. The number of aromatic amines is 1.